The van der Waals surface area contributed by atoms with Gasteiger partial charge in [-0.05, 0) is 0 Å². The Balaban J connectivity index is 0. The second-order valence-electron chi connectivity index (χ2n) is 0.268. The molecule has 0 unspecified atom stereocenters. The van der Waals surface area contributed by atoms with Crippen molar-refractivity contribution in [1.82, 2.24) is 0 Å². The van der Waals surface area contributed by atoms with Gasteiger partial charge in [-0.1, -0.05) is 0 Å². The summed E-state index contributed by atoms with van der Waals surface area (Å²) >= 11 is 0. The Labute approximate surface area is 60.6 Å². The summed E-state index contributed by atoms with van der Waals surface area (Å²) in [5.41, 5.74) is 0. The van der Waals surface area contributed by atoms with Crippen molar-refractivity contribution in [3.05, 3.63) is 0 Å². The molecule has 0 aliphatic heterocycles. The molecular weight excluding hydrogens is 119 g/mol. The monoisotopic (exact) mass is 124 g/mol. The van der Waals surface area contributed by atoms with Gasteiger partial charge in [0.25, 0.3) is 0 Å². The van der Waals surface area contributed by atoms with Crippen LogP contribution in [0.25, 0.3) is 0 Å². The van der Waals surface area contributed by atoms with Crippen LogP contribution in [0.2, 0.25) is 0 Å². The summed E-state index contributed by atoms with van der Waals surface area (Å²) in [5.74, 6) is 0. The minimum absolute atomic E-state index is 0. The van der Waals surface area contributed by atoms with Gasteiger partial charge in [0.1, 0.15) is 0 Å². The van der Waals surface area contributed by atoms with Crippen molar-refractivity contribution >= 4 is 46.3 Å². The molecule has 0 saturated heterocycles. The molecule has 0 fully saturated rings. The van der Waals surface area contributed by atoms with Crippen LogP contribution in [0.4, 0.5) is 0 Å². The molecule has 0 aromatic rings. The third-order valence-electron chi connectivity index (χ3n) is 0. The average Bonchev–Trinajstić information content (AvgIpc) is 0.811. The Hall–Kier alpha value is 1.57. The summed E-state index contributed by atoms with van der Waals surface area (Å²) in [6.07, 6.45) is 0. The van der Waals surface area contributed by atoms with E-state index in [0.717, 1.165) is 0 Å². The second kappa shape index (κ2) is 5.57. The van der Waals surface area contributed by atoms with Gasteiger partial charge < -0.3 is 14.7 Å². The number of rotatable bonds is 0. The molecule has 0 heterocycles. The van der Waals surface area contributed by atoms with E-state index >= 15 is 0 Å². The first-order valence-corrected chi connectivity index (χ1v) is 1.80. The maximum absolute atomic E-state index is 7.23. The molecular formula is H5CaO3P. The molecule has 0 radical (unpaired) electrons. The third kappa shape index (κ3) is 28.8. The molecule has 5 heteroatoms. The van der Waals surface area contributed by atoms with Crippen LogP contribution in [0.5, 0.6) is 0 Å². The van der Waals surface area contributed by atoms with E-state index in [1.807, 2.05) is 0 Å². The molecule has 0 aliphatic carbocycles. The van der Waals surface area contributed by atoms with Gasteiger partial charge in [0.2, 0.25) is 0 Å². The van der Waals surface area contributed by atoms with Crippen molar-refractivity contribution in [1.29, 1.82) is 0 Å². The van der Waals surface area contributed by atoms with Crippen molar-refractivity contribution in [2.75, 3.05) is 0 Å². The van der Waals surface area contributed by atoms with Crippen molar-refractivity contribution in [2.45, 2.75) is 0 Å². The molecule has 0 amide bonds. The fraction of sp³-hybridized carbons (Fsp3) is 0. The van der Waals surface area contributed by atoms with Gasteiger partial charge in [0, 0.05) is 0 Å². The van der Waals surface area contributed by atoms with Crippen LogP contribution in [0.3, 0.4) is 0 Å². The zero-order chi connectivity index (χ0) is 3.58. The van der Waals surface area contributed by atoms with Gasteiger partial charge in [-0.25, -0.2) is 0 Å². The van der Waals surface area contributed by atoms with E-state index in [4.69, 9.17) is 14.7 Å². The van der Waals surface area contributed by atoms with E-state index < -0.39 is 8.60 Å². The minimum atomic E-state index is -2.62. The quantitative estimate of drug-likeness (QED) is 0.266. The van der Waals surface area contributed by atoms with E-state index in [-0.39, 0.29) is 37.7 Å². The first-order chi connectivity index (χ1) is 1.73. The summed E-state index contributed by atoms with van der Waals surface area (Å²) in [6.45, 7) is 0. The number of hydrogen-bond donors (Lipinski definition) is 3. The molecule has 0 aromatic carbocycles. The second-order valence-corrected chi connectivity index (χ2v) is 0.805. The van der Waals surface area contributed by atoms with Gasteiger partial charge in [0.05, 0.1) is 0 Å². The van der Waals surface area contributed by atoms with Crippen LogP contribution in [-0.4, -0.2) is 52.4 Å². The van der Waals surface area contributed by atoms with E-state index in [1.165, 1.54) is 0 Å². The summed E-state index contributed by atoms with van der Waals surface area (Å²) in [5, 5.41) is 0. The van der Waals surface area contributed by atoms with E-state index in [0.29, 0.717) is 0 Å². The van der Waals surface area contributed by atoms with Crippen molar-refractivity contribution in [3.8, 4) is 0 Å². The molecule has 3 N–H and O–H groups in total. The molecule has 0 spiro atoms. The van der Waals surface area contributed by atoms with Crippen molar-refractivity contribution < 1.29 is 14.7 Å². The summed E-state index contributed by atoms with van der Waals surface area (Å²) in [4.78, 5) is 21.7. The average molecular weight is 124 g/mol. The van der Waals surface area contributed by atoms with Gasteiger partial charge in [-0.15, -0.1) is 0 Å². The van der Waals surface area contributed by atoms with Crippen LogP contribution in [0.1, 0.15) is 0 Å². The molecule has 0 aromatic heterocycles. The summed E-state index contributed by atoms with van der Waals surface area (Å²) in [7, 11) is -2.62. The van der Waals surface area contributed by atoms with Gasteiger partial charge in [-0.2, -0.15) is 0 Å². The normalized spacial score (nSPS) is 7.20. The maximum atomic E-state index is 7.23. The fourth-order valence-corrected chi connectivity index (χ4v) is 0. The van der Waals surface area contributed by atoms with E-state index in [1.54, 1.807) is 0 Å². The Kier molecular flexibility index (Phi) is 10.9. The van der Waals surface area contributed by atoms with Gasteiger partial charge in [-0.3, -0.25) is 0 Å². The first kappa shape index (κ1) is 9.76. The Bertz CT molecular complexity index is 11.6. The zero-order valence-electron chi connectivity index (χ0n) is 1.79. The number of hydrogen-bond acceptors (Lipinski definition) is 3. The Morgan fingerprint density at radius 3 is 1.00 bits per heavy atom. The fourth-order valence-electron chi connectivity index (χ4n) is 0. The molecule has 0 aliphatic rings. The zero-order valence-corrected chi connectivity index (χ0v) is 2.68. The SMILES string of the molecule is OP(O)O.[CaH2]. The molecule has 5 heavy (non-hydrogen) atoms. The van der Waals surface area contributed by atoms with Crippen LogP contribution < -0.4 is 0 Å². The molecule has 0 saturated carbocycles. The van der Waals surface area contributed by atoms with E-state index in [2.05, 4.69) is 0 Å². The van der Waals surface area contributed by atoms with Crippen LogP contribution in [0.15, 0.2) is 0 Å². The predicted molar refractivity (Wildman–Crippen MR) is 22.1 cm³/mol. The summed E-state index contributed by atoms with van der Waals surface area (Å²) < 4.78 is 0. The van der Waals surface area contributed by atoms with Gasteiger partial charge in [0.15, 0.2) is 0 Å². The Morgan fingerprint density at radius 1 is 1.00 bits per heavy atom. The molecule has 30 valence electrons. The van der Waals surface area contributed by atoms with Crippen molar-refractivity contribution in [3.63, 3.8) is 0 Å². The van der Waals surface area contributed by atoms with Crippen molar-refractivity contribution in [2.24, 2.45) is 0 Å². The predicted octanol–water partition coefficient (Wildman–Crippen LogP) is -1.73. The molecule has 3 nitrogen and oxygen atoms in total. The van der Waals surface area contributed by atoms with Crippen LogP contribution >= 0.6 is 8.60 Å². The molecule has 0 rings (SSSR count). The topological polar surface area (TPSA) is 60.7 Å². The first-order valence-electron chi connectivity index (χ1n) is 0.600. The van der Waals surface area contributed by atoms with E-state index in [9.17, 15) is 0 Å². The standard InChI is InChI=1S/Ca.H3O3P.2H/c;1-4(2)3;;/h;1-3H;;. The molecule has 0 atom stereocenters. The van der Waals surface area contributed by atoms with Crippen LogP contribution in [-0.2, 0) is 0 Å². The third-order valence-corrected chi connectivity index (χ3v) is 0. The molecule has 0 bridgehead atoms. The Morgan fingerprint density at radius 2 is 1.00 bits per heavy atom. The van der Waals surface area contributed by atoms with Gasteiger partial charge >= 0.3 is 46.3 Å². The summed E-state index contributed by atoms with van der Waals surface area (Å²) in [6, 6.07) is 0. The van der Waals surface area contributed by atoms with Crippen LogP contribution in [0, 0.1) is 0 Å².